The molecule has 0 saturated carbocycles. The van der Waals surface area contributed by atoms with Crippen molar-refractivity contribution >= 4 is 0 Å². The Hall–Kier alpha value is -1.30. The summed E-state index contributed by atoms with van der Waals surface area (Å²) in [5.41, 5.74) is 0.948. The molecule has 108 valence electrons. The fourth-order valence-corrected chi connectivity index (χ4v) is 1.98. The molecule has 19 heavy (non-hydrogen) atoms. The quantitative estimate of drug-likeness (QED) is 0.723. The van der Waals surface area contributed by atoms with Crippen LogP contribution in [0, 0.1) is 0 Å². The lowest BCUT2D eigenvalue weighted by Gasteiger charge is -2.25. The first-order valence-electron chi connectivity index (χ1n) is 5.98. The number of methoxy groups -OCH3 is 5. The highest BCUT2D eigenvalue weighted by Crippen LogP contribution is 2.32. The first-order chi connectivity index (χ1) is 9.21. The SMILES string of the molecule is COC[C@H](OC)[C@H](OC)c1ccc(OC)c(OC)c1. The van der Waals surface area contributed by atoms with Gasteiger partial charge in [0.05, 0.1) is 20.8 Å². The fraction of sp³-hybridized carbons (Fsp3) is 0.571. The smallest absolute Gasteiger partial charge is 0.161 e. The summed E-state index contributed by atoms with van der Waals surface area (Å²) in [5.74, 6) is 1.34. The van der Waals surface area contributed by atoms with Crippen molar-refractivity contribution in [3.8, 4) is 11.5 Å². The molecule has 5 nitrogen and oxygen atoms in total. The molecule has 0 radical (unpaired) electrons. The van der Waals surface area contributed by atoms with Gasteiger partial charge in [-0.1, -0.05) is 6.07 Å². The van der Waals surface area contributed by atoms with E-state index in [1.54, 1.807) is 35.5 Å². The first kappa shape index (κ1) is 15.8. The average molecular weight is 270 g/mol. The van der Waals surface area contributed by atoms with Crippen LogP contribution >= 0.6 is 0 Å². The van der Waals surface area contributed by atoms with Crippen molar-refractivity contribution in [1.82, 2.24) is 0 Å². The molecule has 0 aliphatic heterocycles. The lowest BCUT2D eigenvalue weighted by molar-refractivity contribution is -0.0697. The van der Waals surface area contributed by atoms with Crippen molar-refractivity contribution in [2.45, 2.75) is 12.2 Å². The lowest BCUT2D eigenvalue weighted by atomic mass is 10.0. The van der Waals surface area contributed by atoms with Gasteiger partial charge in [-0.3, -0.25) is 0 Å². The molecule has 1 rings (SSSR count). The Balaban J connectivity index is 3.03. The van der Waals surface area contributed by atoms with Gasteiger partial charge in [-0.25, -0.2) is 0 Å². The maximum Gasteiger partial charge on any atom is 0.161 e. The molecule has 5 heteroatoms. The van der Waals surface area contributed by atoms with E-state index < -0.39 is 0 Å². The molecule has 0 aliphatic carbocycles. The van der Waals surface area contributed by atoms with Crippen LogP contribution in [0.15, 0.2) is 18.2 Å². The third kappa shape index (κ3) is 3.83. The summed E-state index contributed by atoms with van der Waals surface area (Å²) in [6.07, 6.45) is -0.419. The van der Waals surface area contributed by atoms with E-state index in [0.717, 1.165) is 5.56 Å². The number of hydrogen-bond donors (Lipinski definition) is 0. The molecule has 2 atom stereocenters. The van der Waals surface area contributed by atoms with E-state index in [4.69, 9.17) is 23.7 Å². The van der Waals surface area contributed by atoms with Crippen molar-refractivity contribution in [2.24, 2.45) is 0 Å². The molecule has 0 bridgehead atoms. The zero-order chi connectivity index (χ0) is 14.3. The van der Waals surface area contributed by atoms with E-state index in [2.05, 4.69) is 0 Å². The summed E-state index contributed by atoms with van der Waals surface area (Å²) in [6.45, 7) is 0.448. The minimum Gasteiger partial charge on any atom is -0.493 e. The van der Waals surface area contributed by atoms with Crippen molar-refractivity contribution in [1.29, 1.82) is 0 Å². The summed E-state index contributed by atoms with van der Waals surface area (Å²) >= 11 is 0. The summed E-state index contributed by atoms with van der Waals surface area (Å²) in [5, 5.41) is 0. The Morgan fingerprint density at radius 2 is 1.58 bits per heavy atom. The third-order valence-corrected chi connectivity index (χ3v) is 2.96. The molecular formula is C14H22O5. The topological polar surface area (TPSA) is 46.2 Å². The molecule has 0 spiro atoms. The van der Waals surface area contributed by atoms with E-state index in [0.29, 0.717) is 18.1 Å². The Morgan fingerprint density at radius 1 is 0.895 bits per heavy atom. The normalized spacial score (nSPS) is 13.9. The van der Waals surface area contributed by atoms with Gasteiger partial charge < -0.3 is 23.7 Å². The monoisotopic (exact) mass is 270 g/mol. The Bertz CT molecular complexity index is 380. The van der Waals surface area contributed by atoms with Gasteiger partial charge in [-0.15, -0.1) is 0 Å². The van der Waals surface area contributed by atoms with Gasteiger partial charge in [0.15, 0.2) is 11.5 Å². The van der Waals surface area contributed by atoms with Crippen molar-refractivity contribution in [3.05, 3.63) is 23.8 Å². The molecule has 0 aliphatic rings. The molecule has 0 amide bonds. The molecule has 0 unspecified atom stereocenters. The van der Waals surface area contributed by atoms with Gasteiger partial charge in [-0.05, 0) is 17.7 Å². The predicted molar refractivity (Wildman–Crippen MR) is 72.0 cm³/mol. The van der Waals surface area contributed by atoms with Crippen molar-refractivity contribution < 1.29 is 23.7 Å². The standard InChI is InChI=1S/C14H22O5/c1-15-9-13(18-4)14(19-5)10-6-7-11(16-2)12(8-10)17-3/h6-8,13-14H,9H2,1-5H3/t13-,14+/m0/s1. The minimum absolute atomic E-state index is 0.187. The van der Waals surface area contributed by atoms with Gasteiger partial charge in [0, 0.05) is 21.3 Å². The Morgan fingerprint density at radius 3 is 2.05 bits per heavy atom. The highest BCUT2D eigenvalue weighted by atomic mass is 16.6. The maximum absolute atomic E-state index is 5.51. The molecule has 0 N–H and O–H groups in total. The highest BCUT2D eigenvalue weighted by molar-refractivity contribution is 5.43. The molecule has 0 heterocycles. The van der Waals surface area contributed by atoms with Crippen LogP contribution in [0.2, 0.25) is 0 Å². The van der Waals surface area contributed by atoms with Crippen LogP contribution in [0.1, 0.15) is 11.7 Å². The summed E-state index contributed by atoms with van der Waals surface area (Å²) in [4.78, 5) is 0. The van der Waals surface area contributed by atoms with Crippen molar-refractivity contribution in [3.63, 3.8) is 0 Å². The van der Waals surface area contributed by atoms with Crippen LogP contribution in [0.4, 0.5) is 0 Å². The molecule has 0 fully saturated rings. The van der Waals surface area contributed by atoms with E-state index in [-0.39, 0.29) is 12.2 Å². The average Bonchev–Trinajstić information content (AvgIpc) is 2.46. The zero-order valence-corrected chi connectivity index (χ0v) is 12.1. The zero-order valence-electron chi connectivity index (χ0n) is 12.1. The van der Waals surface area contributed by atoms with Gasteiger partial charge in [0.1, 0.15) is 12.2 Å². The van der Waals surface area contributed by atoms with E-state index >= 15 is 0 Å². The second-order valence-electron chi connectivity index (χ2n) is 4.00. The van der Waals surface area contributed by atoms with Crippen LogP contribution in [0.3, 0.4) is 0 Å². The van der Waals surface area contributed by atoms with Gasteiger partial charge in [0.25, 0.3) is 0 Å². The van der Waals surface area contributed by atoms with Crippen LogP contribution in [-0.4, -0.2) is 48.3 Å². The molecule has 0 saturated heterocycles. The van der Waals surface area contributed by atoms with Crippen LogP contribution < -0.4 is 9.47 Å². The van der Waals surface area contributed by atoms with Gasteiger partial charge in [0.2, 0.25) is 0 Å². The molecule has 0 aromatic heterocycles. The number of ether oxygens (including phenoxy) is 5. The lowest BCUT2D eigenvalue weighted by Crippen LogP contribution is -2.27. The number of rotatable bonds is 8. The van der Waals surface area contributed by atoms with E-state index in [9.17, 15) is 0 Å². The summed E-state index contributed by atoms with van der Waals surface area (Å²) < 4.78 is 26.6. The van der Waals surface area contributed by atoms with Gasteiger partial charge in [-0.2, -0.15) is 0 Å². The van der Waals surface area contributed by atoms with Crippen LogP contribution in [0.5, 0.6) is 11.5 Å². The van der Waals surface area contributed by atoms with Crippen LogP contribution in [0.25, 0.3) is 0 Å². The molecule has 1 aromatic rings. The largest absolute Gasteiger partial charge is 0.493 e. The van der Waals surface area contributed by atoms with Gasteiger partial charge >= 0.3 is 0 Å². The summed E-state index contributed by atoms with van der Waals surface area (Å²) in [6, 6.07) is 5.66. The van der Waals surface area contributed by atoms with Crippen molar-refractivity contribution in [2.75, 3.05) is 42.2 Å². The fourth-order valence-electron chi connectivity index (χ4n) is 1.98. The van der Waals surface area contributed by atoms with E-state index in [1.807, 2.05) is 18.2 Å². The predicted octanol–water partition coefficient (Wildman–Crippen LogP) is 2.05. The van der Waals surface area contributed by atoms with Crippen LogP contribution in [-0.2, 0) is 14.2 Å². The molecular weight excluding hydrogens is 248 g/mol. The summed E-state index contributed by atoms with van der Waals surface area (Å²) in [7, 11) is 8.12. The van der Waals surface area contributed by atoms with E-state index in [1.165, 1.54) is 0 Å². The third-order valence-electron chi connectivity index (χ3n) is 2.96. The second kappa shape index (κ2) is 7.99. The minimum atomic E-state index is -0.232. The Kier molecular flexibility index (Phi) is 6.62. The second-order valence-corrected chi connectivity index (χ2v) is 4.00. The molecule has 1 aromatic carbocycles. The highest BCUT2D eigenvalue weighted by Gasteiger charge is 2.24. The Labute approximate surface area is 114 Å². The maximum atomic E-state index is 5.51. The number of benzene rings is 1. The number of hydrogen-bond acceptors (Lipinski definition) is 5. The first-order valence-corrected chi connectivity index (χ1v) is 5.98.